The van der Waals surface area contributed by atoms with Gasteiger partial charge in [0.05, 0.1) is 0 Å². The molecule has 68 valence electrons. The van der Waals surface area contributed by atoms with Gasteiger partial charge in [-0.25, -0.2) is 0 Å². The second kappa shape index (κ2) is 2.80. The molecule has 0 amide bonds. The lowest BCUT2D eigenvalue weighted by Gasteiger charge is -1.97. The highest BCUT2D eigenvalue weighted by Crippen LogP contribution is 2.28. The van der Waals surface area contributed by atoms with E-state index in [2.05, 4.69) is 13.0 Å². The maximum atomic E-state index is 9.78. The number of rotatable bonds is 1. The van der Waals surface area contributed by atoms with Crippen LogP contribution in [0.3, 0.4) is 0 Å². The van der Waals surface area contributed by atoms with Crippen LogP contribution in [0, 0.1) is 6.92 Å². The zero-order chi connectivity index (χ0) is 9.42. The van der Waals surface area contributed by atoms with Gasteiger partial charge in [0.2, 0.25) is 0 Å². The molecule has 0 saturated heterocycles. The van der Waals surface area contributed by atoms with Gasteiger partial charge < -0.3 is 9.67 Å². The maximum Gasteiger partial charge on any atom is 0.199 e. The molecule has 0 saturated carbocycles. The average Bonchev–Trinajstić information content (AvgIpc) is 2.45. The van der Waals surface area contributed by atoms with Gasteiger partial charge in [-0.2, -0.15) is 0 Å². The normalized spacial score (nSPS) is 10.9. The lowest BCUT2D eigenvalue weighted by molar-refractivity contribution is 0.427. The zero-order valence-electron chi connectivity index (χ0n) is 7.91. The van der Waals surface area contributed by atoms with Crippen molar-refractivity contribution in [2.75, 3.05) is 0 Å². The minimum absolute atomic E-state index is 0.376. The average molecular weight is 175 g/mol. The molecular formula is C11H13NO. The van der Waals surface area contributed by atoms with Crippen molar-refractivity contribution in [3.63, 3.8) is 0 Å². The summed E-state index contributed by atoms with van der Waals surface area (Å²) in [5.74, 6) is 0.376. The van der Waals surface area contributed by atoms with E-state index in [-0.39, 0.29) is 0 Å². The highest BCUT2D eigenvalue weighted by molar-refractivity contribution is 5.90. The molecule has 0 fully saturated rings. The summed E-state index contributed by atoms with van der Waals surface area (Å²) in [6.07, 6.45) is 2.00. The van der Waals surface area contributed by atoms with Crippen molar-refractivity contribution in [2.24, 2.45) is 0 Å². The SMILES string of the molecule is CCn1cc2c(C)cccc2c1O. The Labute approximate surface area is 77.4 Å². The quantitative estimate of drug-likeness (QED) is 0.708. The Morgan fingerprint density at radius 3 is 2.69 bits per heavy atom. The van der Waals surface area contributed by atoms with E-state index >= 15 is 0 Å². The molecule has 0 bridgehead atoms. The van der Waals surface area contributed by atoms with Gasteiger partial charge in [-0.3, -0.25) is 0 Å². The van der Waals surface area contributed by atoms with Gasteiger partial charge in [-0.1, -0.05) is 12.1 Å². The fraction of sp³-hybridized carbons (Fsp3) is 0.273. The van der Waals surface area contributed by atoms with Gasteiger partial charge in [0.1, 0.15) is 0 Å². The molecule has 2 nitrogen and oxygen atoms in total. The highest BCUT2D eigenvalue weighted by Gasteiger charge is 2.07. The Balaban J connectivity index is 2.83. The molecule has 0 radical (unpaired) electrons. The number of hydrogen-bond acceptors (Lipinski definition) is 1. The Kier molecular flexibility index (Phi) is 1.76. The fourth-order valence-electron chi connectivity index (χ4n) is 1.66. The number of benzene rings is 1. The lowest BCUT2D eigenvalue weighted by atomic mass is 10.1. The minimum atomic E-state index is 0.376. The molecule has 13 heavy (non-hydrogen) atoms. The van der Waals surface area contributed by atoms with Crippen LogP contribution in [0.25, 0.3) is 10.8 Å². The van der Waals surface area contributed by atoms with Gasteiger partial charge in [-0.15, -0.1) is 0 Å². The summed E-state index contributed by atoms with van der Waals surface area (Å²) in [5.41, 5.74) is 1.21. The van der Waals surface area contributed by atoms with E-state index in [1.165, 1.54) is 5.56 Å². The van der Waals surface area contributed by atoms with E-state index in [0.717, 1.165) is 17.3 Å². The van der Waals surface area contributed by atoms with Crippen LogP contribution in [-0.2, 0) is 6.54 Å². The first kappa shape index (κ1) is 8.17. The summed E-state index contributed by atoms with van der Waals surface area (Å²) in [6, 6.07) is 5.98. The van der Waals surface area contributed by atoms with E-state index in [4.69, 9.17) is 0 Å². The van der Waals surface area contributed by atoms with Crippen LogP contribution in [0.2, 0.25) is 0 Å². The third kappa shape index (κ3) is 1.10. The summed E-state index contributed by atoms with van der Waals surface area (Å²) in [7, 11) is 0. The Hall–Kier alpha value is -1.44. The first-order valence-corrected chi connectivity index (χ1v) is 4.51. The first-order chi connectivity index (χ1) is 6.24. The predicted molar refractivity (Wildman–Crippen MR) is 54.0 cm³/mol. The summed E-state index contributed by atoms with van der Waals surface area (Å²) >= 11 is 0. The highest BCUT2D eigenvalue weighted by atomic mass is 16.3. The summed E-state index contributed by atoms with van der Waals surface area (Å²) in [6.45, 7) is 4.88. The summed E-state index contributed by atoms with van der Waals surface area (Å²) in [4.78, 5) is 0. The maximum absolute atomic E-state index is 9.78. The topological polar surface area (TPSA) is 25.2 Å². The van der Waals surface area contributed by atoms with E-state index in [9.17, 15) is 5.11 Å². The molecule has 2 aromatic rings. The third-order valence-electron chi connectivity index (χ3n) is 2.46. The number of hydrogen-bond donors (Lipinski definition) is 1. The van der Waals surface area contributed by atoms with Crippen LogP contribution < -0.4 is 0 Å². The van der Waals surface area contributed by atoms with Crippen molar-refractivity contribution in [3.05, 3.63) is 30.0 Å². The number of aromatic hydroxyl groups is 1. The third-order valence-corrected chi connectivity index (χ3v) is 2.46. The molecule has 1 aromatic heterocycles. The number of aromatic nitrogens is 1. The molecule has 1 N–H and O–H groups in total. The second-order valence-corrected chi connectivity index (χ2v) is 3.27. The van der Waals surface area contributed by atoms with E-state index in [0.29, 0.717) is 5.88 Å². The number of aryl methyl sites for hydroxylation is 2. The molecule has 0 aliphatic heterocycles. The Morgan fingerprint density at radius 2 is 2.08 bits per heavy atom. The first-order valence-electron chi connectivity index (χ1n) is 4.51. The molecule has 0 aliphatic rings. The Morgan fingerprint density at radius 1 is 1.31 bits per heavy atom. The number of fused-ring (bicyclic) bond motifs is 1. The van der Waals surface area contributed by atoms with Gasteiger partial charge in [0.25, 0.3) is 0 Å². The van der Waals surface area contributed by atoms with Crippen LogP contribution in [-0.4, -0.2) is 9.67 Å². The van der Waals surface area contributed by atoms with Crippen LogP contribution in [0.4, 0.5) is 0 Å². The zero-order valence-corrected chi connectivity index (χ0v) is 7.91. The van der Waals surface area contributed by atoms with Crippen molar-refractivity contribution in [2.45, 2.75) is 20.4 Å². The Bertz CT molecular complexity index is 443. The van der Waals surface area contributed by atoms with Crippen molar-refractivity contribution in [1.29, 1.82) is 0 Å². The molecule has 2 rings (SSSR count). The molecule has 2 heteroatoms. The van der Waals surface area contributed by atoms with E-state index in [1.54, 1.807) is 0 Å². The van der Waals surface area contributed by atoms with E-state index < -0.39 is 0 Å². The van der Waals surface area contributed by atoms with Gasteiger partial charge >= 0.3 is 0 Å². The summed E-state index contributed by atoms with van der Waals surface area (Å²) < 4.78 is 1.86. The molecule has 0 spiro atoms. The van der Waals surface area contributed by atoms with Gasteiger partial charge in [-0.05, 0) is 25.5 Å². The van der Waals surface area contributed by atoms with Crippen LogP contribution in [0.15, 0.2) is 24.4 Å². The van der Waals surface area contributed by atoms with Crippen molar-refractivity contribution in [3.8, 4) is 5.88 Å². The molecular weight excluding hydrogens is 162 g/mol. The fourth-order valence-corrected chi connectivity index (χ4v) is 1.66. The monoisotopic (exact) mass is 175 g/mol. The van der Waals surface area contributed by atoms with Crippen LogP contribution in [0.1, 0.15) is 12.5 Å². The molecule has 1 heterocycles. The number of nitrogens with zero attached hydrogens (tertiary/aromatic N) is 1. The van der Waals surface area contributed by atoms with Gasteiger partial charge in [0, 0.05) is 23.5 Å². The van der Waals surface area contributed by atoms with Crippen molar-refractivity contribution < 1.29 is 5.11 Å². The van der Waals surface area contributed by atoms with Gasteiger partial charge in [0.15, 0.2) is 5.88 Å². The molecule has 0 aliphatic carbocycles. The van der Waals surface area contributed by atoms with E-state index in [1.807, 2.05) is 29.8 Å². The smallest absolute Gasteiger partial charge is 0.199 e. The van der Waals surface area contributed by atoms with Crippen molar-refractivity contribution in [1.82, 2.24) is 4.57 Å². The van der Waals surface area contributed by atoms with Crippen LogP contribution in [0.5, 0.6) is 5.88 Å². The van der Waals surface area contributed by atoms with Crippen molar-refractivity contribution >= 4 is 10.8 Å². The largest absolute Gasteiger partial charge is 0.494 e. The minimum Gasteiger partial charge on any atom is -0.494 e. The second-order valence-electron chi connectivity index (χ2n) is 3.27. The molecule has 1 aromatic carbocycles. The lowest BCUT2D eigenvalue weighted by Crippen LogP contribution is -1.88. The molecule has 0 atom stereocenters. The standard InChI is InChI=1S/C11H13NO/c1-3-12-7-10-8(2)5-4-6-9(10)11(12)13/h4-7,13H,3H2,1-2H3. The summed E-state index contributed by atoms with van der Waals surface area (Å²) in [5, 5.41) is 11.9. The molecule has 0 unspecified atom stereocenters. The van der Waals surface area contributed by atoms with Crippen LogP contribution >= 0.6 is 0 Å². The predicted octanol–water partition coefficient (Wildman–Crippen LogP) is 2.68.